The van der Waals surface area contributed by atoms with Gasteiger partial charge in [-0.1, -0.05) is 59.0 Å². The number of imidazole rings is 2. The van der Waals surface area contributed by atoms with Gasteiger partial charge in [0.2, 0.25) is 4.96 Å². The van der Waals surface area contributed by atoms with Crippen molar-refractivity contribution in [3.8, 4) is 11.3 Å². The average molecular weight is 426 g/mol. The Hall–Kier alpha value is -2.35. The SMILES string of the molecule is CCn1c(CSc2nn3cc(-c4ccc(Cl)cc4)nc3s2)nc2ccccc21. The zero-order chi connectivity index (χ0) is 19.1. The quantitative estimate of drug-likeness (QED) is 0.335. The first-order chi connectivity index (χ1) is 13.7. The molecular weight excluding hydrogens is 410 g/mol. The summed E-state index contributed by atoms with van der Waals surface area (Å²) in [4.78, 5) is 10.4. The smallest absolute Gasteiger partial charge is 0.213 e. The molecule has 0 saturated heterocycles. The molecule has 3 heterocycles. The van der Waals surface area contributed by atoms with Crippen LogP contribution in [0.25, 0.3) is 27.3 Å². The van der Waals surface area contributed by atoms with Gasteiger partial charge in [0.15, 0.2) is 4.34 Å². The first-order valence-electron chi connectivity index (χ1n) is 8.90. The Kier molecular flexibility index (Phi) is 4.58. The zero-order valence-corrected chi connectivity index (χ0v) is 17.4. The summed E-state index contributed by atoms with van der Waals surface area (Å²) in [6.07, 6.45) is 1.96. The maximum absolute atomic E-state index is 5.96. The van der Waals surface area contributed by atoms with E-state index in [2.05, 4.69) is 34.8 Å². The maximum Gasteiger partial charge on any atom is 0.213 e. The summed E-state index contributed by atoms with van der Waals surface area (Å²) < 4.78 is 5.10. The predicted molar refractivity (Wildman–Crippen MR) is 116 cm³/mol. The molecule has 0 spiro atoms. The van der Waals surface area contributed by atoms with Crippen molar-refractivity contribution in [2.75, 3.05) is 0 Å². The lowest BCUT2D eigenvalue weighted by Gasteiger charge is -2.04. The lowest BCUT2D eigenvalue weighted by molar-refractivity contribution is 0.748. The Morgan fingerprint density at radius 3 is 2.68 bits per heavy atom. The summed E-state index contributed by atoms with van der Waals surface area (Å²) in [6.45, 7) is 3.06. The van der Waals surface area contributed by atoms with Gasteiger partial charge in [-0.2, -0.15) is 0 Å². The number of hydrogen-bond acceptors (Lipinski definition) is 5. The molecule has 2 aromatic carbocycles. The second kappa shape index (κ2) is 7.24. The van der Waals surface area contributed by atoms with Crippen LogP contribution >= 0.6 is 34.7 Å². The molecule has 5 nitrogen and oxygen atoms in total. The van der Waals surface area contributed by atoms with Gasteiger partial charge in [0.25, 0.3) is 0 Å². The lowest BCUT2D eigenvalue weighted by Crippen LogP contribution is -2.00. The molecule has 0 saturated carbocycles. The average Bonchev–Trinajstić information content (AvgIpc) is 3.37. The molecule has 0 aliphatic heterocycles. The van der Waals surface area contributed by atoms with Gasteiger partial charge in [-0.25, -0.2) is 14.5 Å². The second-order valence-corrected chi connectivity index (χ2v) is 8.89. The molecule has 3 aromatic heterocycles. The molecule has 5 aromatic rings. The third-order valence-corrected chi connectivity index (χ3v) is 6.84. The minimum absolute atomic E-state index is 0.722. The number of thioether (sulfide) groups is 1. The molecule has 0 atom stereocenters. The predicted octanol–water partition coefficient (Wildman–Crippen LogP) is 5.77. The molecule has 0 amide bonds. The Morgan fingerprint density at radius 1 is 1.07 bits per heavy atom. The van der Waals surface area contributed by atoms with Crippen molar-refractivity contribution in [2.24, 2.45) is 0 Å². The van der Waals surface area contributed by atoms with Crippen LogP contribution in [0.4, 0.5) is 0 Å². The van der Waals surface area contributed by atoms with Crippen molar-refractivity contribution in [3.63, 3.8) is 0 Å². The topological polar surface area (TPSA) is 48.0 Å². The van der Waals surface area contributed by atoms with Gasteiger partial charge >= 0.3 is 0 Å². The number of halogens is 1. The van der Waals surface area contributed by atoms with Crippen LogP contribution in [0.15, 0.2) is 59.1 Å². The highest BCUT2D eigenvalue weighted by Crippen LogP contribution is 2.30. The molecular formula is C20H16ClN5S2. The van der Waals surface area contributed by atoms with E-state index in [-0.39, 0.29) is 0 Å². The number of benzene rings is 2. The first-order valence-corrected chi connectivity index (χ1v) is 11.1. The fraction of sp³-hybridized carbons (Fsp3) is 0.150. The minimum Gasteiger partial charge on any atom is -0.328 e. The maximum atomic E-state index is 5.96. The van der Waals surface area contributed by atoms with E-state index in [9.17, 15) is 0 Å². The number of aromatic nitrogens is 5. The van der Waals surface area contributed by atoms with E-state index in [4.69, 9.17) is 21.6 Å². The van der Waals surface area contributed by atoms with Gasteiger partial charge in [0.1, 0.15) is 5.82 Å². The minimum atomic E-state index is 0.722. The van der Waals surface area contributed by atoms with E-state index < -0.39 is 0 Å². The molecule has 0 fully saturated rings. The number of para-hydroxylation sites is 2. The summed E-state index contributed by atoms with van der Waals surface area (Å²) in [6, 6.07) is 16.0. The van der Waals surface area contributed by atoms with E-state index in [0.29, 0.717) is 0 Å². The molecule has 0 radical (unpaired) electrons. The number of aryl methyl sites for hydroxylation is 1. The Labute approximate surface area is 175 Å². The van der Waals surface area contributed by atoms with Crippen LogP contribution in [0.2, 0.25) is 5.02 Å². The molecule has 0 N–H and O–H groups in total. The largest absolute Gasteiger partial charge is 0.328 e. The molecule has 0 aliphatic carbocycles. The lowest BCUT2D eigenvalue weighted by atomic mass is 10.2. The van der Waals surface area contributed by atoms with Gasteiger partial charge in [-0.05, 0) is 31.2 Å². The van der Waals surface area contributed by atoms with Crippen LogP contribution in [0.1, 0.15) is 12.7 Å². The van der Waals surface area contributed by atoms with Crippen LogP contribution < -0.4 is 0 Å². The summed E-state index contributed by atoms with van der Waals surface area (Å²) in [7, 11) is 0. The van der Waals surface area contributed by atoms with Gasteiger partial charge in [0.05, 0.1) is 28.7 Å². The highest BCUT2D eigenvalue weighted by atomic mass is 35.5. The number of nitrogens with zero attached hydrogens (tertiary/aromatic N) is 5. The number of fused-ring (bicyclic) bond motifs is 2. The molecule has 0 unspecified atom stereocenters. The van der Waals surface area contributed by atoms with E-state index >= 15 is 0 Å². The van der Waals surface area contributed by atoms with Crippen LogP contribution in [0.5, 0.6) is 0 Å². The van der Waals surface area contributed by atoms with Crippen molar-refractivity contribution < 1.29 is 0 Å². The van der Waals surface area contributed by atoms with Crippen LogP contribution in [-0.4, -0.2) is 24.1 Å². The molecule has 0 aliphatic rings. The van der Waals surface area contributed by atoms with Crippen LogP contribution in [0, 0.1) is 0 Å². The monoisotopic (exact) mass is 425 g/mol. The van der Waals surface area contributed by atoms with Crippen LogP contribution in [0.3, 0.4) is 0 Å². The molecule has 28 heavy (non-hydrogen) atoms. The summed E-state index contributed by atoms with van der Waals surface area (Å²) in [5.74, 6) is 1.85. The highest BCUT2D eigenvalue weighted by molar-refractivity contribution is 8.00. The van der Waals surface area contributed by atoms with Crippen molar-refractivity contribution >= 4 is 50.7 Å². The van der Waals surface area contributed by atoms with Gasteiger partial charge in [-0.3, -0.25) is 0 Å². The van der Waals surface area contributed by atoms with Crippen molar-refractivity contribution in [1.82, 2.24) is 24.1 Å². The molecule has 140 valence electrons. The number of rotatable bonds is 5. The Morgan fingerprint density at radius 2 is 1.89 bits per heavy atom. The zero-order valence-electron chi connectivity index (χ0n) is 15.0. The van der Waals surface area contributed by atoms with E-state index in [1.807, 2.05) is 41.0 Å². The number of hydrogen-bond donors (Lipinski definition) is 0. The van der Waals surface area contributed by atoms with Crippen LogP contribution in [-0.2, 0) is 12.3 Å². The van der Waals surface area contributed by atoms with Gasteiger partial charge < -0.3 is 4.57 Å². The summed E-state index contributed by atoms with van der Waals surface area (Å²) in [5, 5.41) is 5.40. The van der Waals surface area contributed by atoms with E-state index in [0.717, 1.165) is 49.2 Å². The highest BCUT2D eigenvalue weighted by Gasteiger charge is 2.13. The summed E-state index contributed by atoms with van der Waals surface area (Å²) in [5.41, 5.74) is 4.16. The van der Waals surface area contributed by atoms with E-state index in [1.54, 1.807) is 23.1 Å². The van der Waals surface area contributed by atoms with Crippen molar-refractivity contribution in [2.45, 2.75) is 23.6 Å². The van der Waals surface area contributed by atoms with Gasteiger partial charge in [-0.15, -0.1) is 5.10 Å². The standard InChI is InChI=1S/C20H16ClN5S2/c1-2-25-17-6-4-3-5-15(17)22-18(25)12-27-20-24-26-11-16(23-19(26)28-20)13-7-9-14(21)10-8-13/h3-11H,2,12H2,1H3. The van der Waals surface area contributed by atoms with Gasteiger partial charge in [0, 0.05) is 17.1 Å². The van der Waals surface area contributed by atoms with Crippen molar-refractivity contribution in [3.05, 3.63) is 65.6 Å². The molecule has 0 bridgehead atoms. The summed E-state index contributed by atoms with van der Waals surface area (Å²) >= 11 is 9.26. The Balaban J connectivity index is 1.37. The molecule has 8 heteroatoms. The normalized spacial score (nSPS) is 11.6. The molecule has 5 rings (SSSR count). The second-order valence-electron chi connectivity index (χ2n) is 6.28. The fourth-order valence-electron chi connectivity index (χ4n) is 3.21. The first kappa shape index (κ1) is 17.7. The third-order valence-electron chi connectivity index (χ3n) is 4.54. The Bertz CT molecular complexity index is 1240. The fourth-order valence-corrected chi connectivity index (χ4v) is 5.21. The third kappa shape index (κ3) is 3.19. The van der Waals surface area contributed by atoms with Crippen molar-refractivity contribution in [1.29, 1.82) is 0 Å². The van der Waals surface area contributed by atoms with E-state index in [1.165, 1.54) is 5.52 Å².